The van der Waals surface area contributed by atoms with Gasteiger partial charge < -0.3 is 10.0 Å². The summed E-state index contributed by atoms with van der Waals surface area (Å²) in [5, 5.41) is 8.72. The first-order valence-corrected chi connectivity index (χ1v) is 4.77. The number of carboxylic acids is 1. The second-order valence-corrected chi connectivity index (χ2v) is 3.93. The predicted molar refractivity (Wildman–Crippen MR) is 47.5 cm³/mol. The molecular weight excluding hydrogens is 227 g/mol. The van der Waals surface area contributed by atoms with Crippen molar-refractivity contribution in [2.75, 3.05) is 13.1 Å². The fraction of sp³-hybridized carbons (Fsp3) is 0.778. The molecule has 1 fully saturated rings. The van der Waals surface area contributed by atoms with E-state index in [1.54, 1.807) is 0 Å². The van der Waals surface area contributed by atoms with Crippen LogP contribution >= 0.6 is 0 Å². The van der Waals surface area contributed by atoms with E-state index in [1.165, 1.54) is 0 Å². The smallest absolute Gasteiger partial charge is 0.393 e. The number of carbonyl (C=O) groups is 2. The molecule has 4 nitrogen and oxygen atoms in total. The summed E-state index contributed by atoms with van der Waals surface area (Å²) in [6, 6.07) is 0. The van der Waals surface area contributed by atoms with E-state index in [0.29, 0.717) is 0 Å². The predicted octanol–water partition coefficient (Wildman–Crippen LogP) is 1.12. The molecule has 1 amide bonds. The summed E-state index contributed by atoms with van der Waals surface area (Å²) in [4.78, 5) is 22.6. The lowest BCUT2D eigenvalue weighted by atomic mass is 9.88. The largest absolute Gasteiger partial charge is 0.481 e. The number of carboxylic acid groups (broad SMARTS) is 1. The number of alkyl halides is 3. The highest BCUT2D eigenvalue weighted by Gasteiger charge is 2.46. The molecule has 0 spiro atoms. The van der Waals surface area contributed by atoms with Crippen molar-refractivity contribution in [3.63, 3.8) is 0 Å². The average molecular weight is 239 g/mol. The minimum Gasteiger partial charge on any atom is -0.481 e. The maximum absolute atomic E-state index is 12.5. The van der Waals surface area contributed by atoms with Crippen molar-refractivity contribution in [3.05, 3.63) is 0 Å². The fourth-order valence-corrected chi connectivity index (χ4v) is 1.77. The van der Waals surface area contributed by atoms with Crippen molar-refractivity contribution in [2.45, 2.75) is 19.5 Å². The van der Waals surface area contributed by atoms with Crippen LogP contribution in [-0.2, 0) is 9.59 Å². The van der Waals surface area contributed by atoms with Gasteiger partial charge in [-0.05, 0) is 6.42 Å². The molecule has 2 atom stereocenters. The van der Waals surface area contributed by atoms with Crippen LogP contribution in [0.3, 0.4) is 0 Å². The summed E-state index contributed by atoms with van der Waals surface area (Å²) in [5.74, 6) is -4.70. The van der Waals surface area contributed by atoms with Gasteiger partial charge in [0.25, 0.3) is 0 Å². The van der Waals surface area contributed by atoms with Crippen molar-refractivity contribution in [1.29, 1.82) is 0 Å². The summed E-state index contributed by atoms with van der Waals surface area (Å²) in [5.41, 5.74) is 0. The Hall–Kier alpha value is -1.27. The number of nitrogens with zero attached hydrogens (tertiary/aromatic N) is 1. The first kappa shape index (κ1) is 12.8. The number of rotatable bonds is 1. The molecule has 1 aliphatic heterocycles. The molecule has 1 saturated heterocycles. The van der Waals surface area contributed by atoms with Gasteiger partial charge >= 0.3 is 12.1 Å². The lowest BCUT2D eigenvalue weighted by Gasteiger charge is -2.36. The number of aliphatic carboxylic acids is 1. The molecule has 1 aliphatic rings. The molecule has 7 heteroatoms. The van der Waals surface area contributed by atoms with Gasteiger partial charge in [0.05, 0.1) is 11.8 Å². The second-order valence-electron chi connectivity index (χ2n) is 3.93. The Bertz CT molecular complexity index is 281. The molecule has 0 aliphatic carbocycles. The van der Waals surface area contributed by atoms with Crippen molar-refractivity contribution in [2.24, 2.45) is 11.8 Å². The zero-order valence-electron chi connectivity index (χ0n) is 8.62. The summed E-state index contributed by atoms with van der Waals surface area (Å²) in [6.45, 7) is 0.553. The van der Waals surface area contributed by atoms with E-state index in [-0.39, 0.29) is 6.54 Å². The first-order chi connectivity index (χ1) is 7.21. The Morgan fingerprint density at radius 2 is 1.88 bits per heavy atom. The number of amides is 1. The highest BCUT2D eigenvalue weighted by molar-refractivity contribution is 5.76. The van der Waals surface area contributed by atoms with E-state index < -0.39 is 42.9 Å². The molecule has 0 bridgehead atoms. The molecular formula is C9H12F3NO3. The van der Waals surface area contributed by atoms with Crippen molar-refractivity contribution >= 4 is 11.9 Å². The fourth-order valence-electron chi connectivity index (χ4n) is 1.77. The molecule has 0 saturated carbocycles. The van der Waals surface area contributed by atoms with Crippen LogP contribution in [0.5, 0.6) is 0 Å². The SMILES string of the molecule is CC(=O)N1C[C@H](C(=O)O)C[C@@H](C(F)(F)F)C1. The number of hydrogen-bond donors (Lipinski definition) is 1. The van der Waals surface area contributed by atoms with Gasteiger partial charge in [-0.25, -0.2) is 0 Å². The minimum absolute atomic E-state index is 0.142. The van der Waals surface area contributed by atoms with E-state index in [1.807, 2.05) is 0 Å². The Morgan fingerprint density at radius 1 is 1.31 bits per heavy atom. The normalized spacial score (nSPS) is 26.6. The Balaban J connectivity index is 2.82. The number of likely N-dealkylation sites (tertiary alicyclic amines) is 1. The van der Waals surface area contributed by atoms with Crippen LogP contribution in [-0.4, -0.2) is 41.1 Å². The van der Waals surface area contributed by atoms with Crippen LogP contribution in [0.25, 0.3) is 0 Å². The van der Waals surface area contributed by atoms with Crippen molar-refractivity contribution < 1.29 is 27.9 Å². The maximum atomic E-state index is 12.5. The number of hydrogen-bond acceptors (Lipinski definition) is 2. The van der Waals surface area contributed by atoms with Gasteiger partial charge in [-0.15, -0.1) is 0 Å². The van der Waals surface area contributed by atoms with Gasteiger partial charge in [0, 0.05) is 20.0 Å². The van der Waals surface area contributed by atoms with Crippen LogP contribution < -0.4 is 0 Å². The van der Waals surface area contributed by atoms with Crippen LogP contribution in [0.1, 0.15) is 13.3 Å². The van der Waals surface area contributed by atoms with Crippen LogP contribution in [0.4, 0.5) is 13.2 Å². The average Bonchev–Trinajstić information content (AvgIpc) is 2.15. The molecule has 0 aromatic rings. The van der Waals surface area contributed by atoms with Crippen molar-refractivity contribution in [3.8, 4) is 0 Å². The highest BCUT2D eigenvalue weighted by Crippen LogP contribution is 2.35. The van der Waals surface area contributed by atoms with E-state index in [0.717, 1.165) is 11.8 Å². The zero-order valence-corrected chi connectivity index (χ0v) is 8.62. The van der Waals surface area contributed by atoms with Gasteiger partial charge in [0.1, 0.15) is 0 Å². The molecule has 1 heterocycles. The maximum Gasteiger partial charge on any atom is 0.393 e. The number of halogens is 3. The van der Waals surface area contributed by atoms with Crippen LogP contribution in [0.2, 0.25) is 0 Å². The zero-order chi connectivity index (χ0) is 12.5. The second kappa shape index (κ2) is 4.31. The Kier molecular flexibility index (Phi) is 3.44. The van der Waals surface area contributed by atoms with Gasteiger partial charge in [-0.1, -0.05) is 0 Å². The summed E-state index contributed by atoms with van der Waals surface area (Å²) in [7, 11) is 0. The Morgan fingerprint density at radius 3 is 2.25 bits per heavy atom. The first-order valence-electron chi connectivity index (χ1n) is 4.77. The molecule has 16 heavy (non-hydrogen) atoms. The van der Waals surface area contributed by atoms with Crippen molar-refractivity contribution in [1.82, 2.24) is 4.90 Å². The minimum atomic E-state index is -4.46. The third-order valence-corrected chi connectivity index (χ3v) is 2.71. The monoisotopic (exact) mass is 239 g/mol. The van der Waals surface area contributed by atoms with Crippen LogP contribution in [0.15, 0.2) is 0 Å². The topological polar surface area (TPSA) is 57.6 Å². The third kappa shape index (κ3) is 2.86. The lowest BCUT2D eigenvalue weighted by Crippen LogP contribution is -2.49. The van der Waals surface area contributed by atoms with Gasteiger partial charge in [-0.2, -0.15) is 13.2 Å². The van der Waals surface area contributed by atoms with E-state index in [9.17, 15) is 22.8 Å². The highest BCUT2D eigenvalue weighted by atomic mass is 19.4. The summed E-state index contributed by atoms with van der Waals surface area (Å²) < 4.78 is 37.5. The molecule has 0 aromatic carbocycles. The van der Waals surface area contributed by atoms with E-state index in [4.69, 9.17) is 5.11 Å². The summed E-state index contributed by atoms with van der Waals surface area (Å²) >= 11 is 0. The Labute approximate surface area is 90.0 Å². The third-order valence-electron chi connectivity index (χ3n) is 2.71. The number of carbonyl (C=O) groups excluding carboxylic acids is 1. The summed E-state index contributed by atoms with van der Waals surface area (Å²) in [6.07, 6.45) is -4.91. The molecule has 0 radical (unpaired) electrons. The van der Waals surface area contributed by atoms with E-state index in [2.05, 4.69) is 0 Å². The standard InChI is InChI=1S/C9H12F3NO3/c1-5(14)13-3-6(8(15)16)2-7(4-13)9(10,11)12/h6-7H,2-4H2,1H3,(H,15,16)/t6-,7-/m1/s1. The van der Waals surface area contributed by atoms with Gasteiger partial charge in [0.2, 0.25) is 5.91 Å². The molecule has 1 N–H and O–H groups in total. The van der Waals surface area contributed by atoms with E-state index >= 15 is 0 Å². The molecule has 1 rings (SSSR count). The molecule has 0 aromatic heterocycles. The molecule has 92 valence electrons. The van der Waals surface area contributed by atoms with Gasteiger partial charge in [-0.3, -0.25) is 9.59 Å². The molecule has 0 unspecified atom stereocenters. The number of piperidine rings is 1. The quantitative estimate of drug-likeness (QED) is 0.745. The van der Waals surface area contributed by atoms with Gasteiger partial charge in [0.15, 0.2) is 0 Å². The lowest BCUT2D eigenvalue weighted by molar-refractivity contribution is -0.194. The van der Waals surface area contributed by atoms with Crippen LogP contribution in [0, 0.1) is 11.8 Å².